The molecule has 1 aliphatic heterocycles. The fourth-order valence-corrected chi connectivity index (χ4v) is 1.75. The number of nitrogens with two attached hydrogens (primary N) is 1. The molecule has 0 saturated heterocycles. The van der Waals surface area contributed by atoms with Gasteiger partial charge in [0.05, 0.1) is 12.1 Å². The first kappa shape index (κ1) is 17.8. The molecule has 7 N–H and O–H groups in total. The molecular weight excluding hydrogens is 297 g/mol. The topological polar surface area (TPSA) is 136 Å². The van der Waals surface area contributed by atoms with Crippen LogP contribution in [0.25, 0.3) is 0 Å². The predicted octanol–water partition coefficient (Wildman–Crippen LogP) is -0.857. The summed E-state index contributed by atoms with van der Waals surface area (Å²) in [7, 11) is 0. The highest BCUT2D eigenvalue weighted by atomic mass is 35.5. The summed E-state index contributed by atoms with van der Waals surface area (Å²) in [5, 5.41) is 24.8. The molecule has 3 atom stereocenters. The van der Waals surface area contributed by atoms with Crippen LogP contribution in [0.5, 0.6) is 0 Å². The monoisotopic (exact) mass is 313 g/mol. The van der Waals surface area contributed by atoms with Crippen LogP contribution in [0.4, 0.5) is 17.5 Å². The largest absolute Gasteiger partial charge is 0.391 e. The number of aromatic amines is 1. The maximum Gasteiger partial charge on any atom is 0.300 e. The van der Waals surface area contributed by atoms with Gasteiger partial charge >= 0.3 is 0 Å². The third-order valence-electron chi connectivity index (χ3n) is 2.67. The zero-order valence-electron chi connectivity index (χ0n) is 10.1. The van der Waals surface area contributed by atoms with Crippen LogP contribution < -0.4 is 21.9 Å². The molecule has 0 aliphatic carbocycles. The summed E-state index contributed by atoms with van der Waals surface area (Å²) in [5.74, 6) is 0.467. The Hall–Kier alpha value is -1.22. The number of aliphatic hydroxyl groups is 2. The van der Waals surface area contributed by atoms with E-state index in [2.05, 4.69) is 20.6 Å². The van der Waals surface area contributed by atoms with E-state index < -0.39 is 23.8 Å². The van der Waals surface area contributed by atoms with Crippen molar-refractivity contribution in [3.63, 3.8) is 0 Å². The van der Waals surface area contributed by atoms with Gasteiger partial charge in [-0.1, -0.05) is 0 Å². The number of aromatic nitrogens is 2. The van der Waals surface area contributed by atoms with Crippen LogP contribution >= 0.6 is 24.8 Å². The van der Waals surface area contributed by atoms with E-state index >= 15 is 0 Å². The van der Waals surface area contributed by atoms with Crippen LogP contribution in [-0.2, 0) is 0 Å². The predicted molar refractivity (Wildman–Crippen MR) is 77.4 cm³/mol. The van der Waals surface area contributed by atoms with Gasteiger partial charge in [0.1, 0.15) is 17.6 Å². The van der Waals surface area contributed by atoms with Crippen molar-refractivity contribution in [3.05, 3.63) is 10.4 Å². The summed E-state index contributed by atoms with van der Waals surface area (Å²) < 4.78 is 0. The Labute approximate surface area is 121 Å². The van der Waals surface area contributed by atoms with Gasteiger partial charge in [-0.25, -0.2) is 0 Å². The van der Waals surface area contributed by atoms with Gasteiger partial charge in [0.25, 0.3) is 5.56 Å². The molecule has 2 heterocycles. The molecule has 0 aromatic carbocycles. The van der Waals surface area contributed by atoms with Crippen LogP contribution in [0.2, 0.25) is 0 Å². The molecule has 0 saturated carbocycles. The molecule has 1 aliphatic rings. The molecule has 8 nitrogen and oxygen atoms in total. The van der Waals surface area contributed by atoms with Crippen molar-refractivity contribution in [2.75, 3.05) is 22.9 Å². The minimum atomic E-state index is -0.979. The van der Waals surface area contributed by atoms with Gasteiger partial charge in [0, 0.05) is 6.54 Å². The van der Waals surface area contributed by atoms with Crippen molar-refractivity contribution in [1.29, 1.82) is 0 Å². The Bertz CT molecular complexity index is 481. The molecule has 1 aromatic heterocycles. The Morgan fingerprint density at radius 2 is 2.05 bits per heavy atom. The number of fused-ring (bicyclic) bond motifs is 1. The van der Waals surface area contributed by atoms with E-state index in [1.165, 1.54) is 6.92 Å². The van der Waals surface area contributed by atoms with Crippen molar-refractivity contribution < 1.29 is 10.2 Å². The smallest absolute Gasteiger partial charge is 0.300 e. The summed E-state index contributed by atoms with van der Waals surface area (Å²) >= 11 is 0. The summed E-state index contributed by atoms with van der Waals surface area (Å²) in [6, 6.07) is -0.464. The third-order valence-corrected chi connectivity index (χ3v) is 2.67. The van der Waals surface area contributed by atoms with Gasteiger partial charge in [-0.05, 0) is 6.92 Å². The van der Waals surface area contributed by atoms with Crippen molar-refractivity contribution in [1.82, 2.24) is 9.97 Å². The number of rotatable bonds is 2. The van der Waals surface area contributed by atoms with Crippen molar-refractivity contribution in [2.24, 2.45) is 0 Å². The Morgan fingerprint density at radius 1 is 1.42 bits per heavy atom. The second-order valence-corrected chi connectivity index (χ2v) is 4.04. The highest BCUT2D eigenvalue weighted by Gasteiger charge is 2.29. The minimum absolute atomic E-state index is 0. The zero-order valence-corrected chi connectivity index (χ0v) is 11.7. The van der Waals surface area contributed by atoms with Crippen LogP contribution in [0.3, 0.4) is 0 Å². The van der Waals surface area contributed by atoms with E-state index in [1.54, 1.807) is 0 Å². The second kappa shape index (κ2) is 6.80. The molecule has 0 bridgehead atoms. The van der Waals surface area contributed by atoms with Crippen molar-refractivity contribution in [2.45, 2.75) is 25.2 Å². The van der Waals surface area contributed by atoms with Crippen LogP contribution in [-0.4, -0.2) is 45.0 Å². The number of H-pyrrole nitrogens is 1. The Balaban J connectivity index is 0.00000162. The number of nitrogen functional groups attached to an aromatic ring is 1. The molecule has 2 rings (SSSR count). The van der Waals surface area contributed by atoms with Gasteiger partial charge < -0.3 is 31.6 Å². The maximum atomic E-state index is 11.6. The van der Waals surface area contributed by atoms with Gasteiger partial charge in [0.2, 0.25) is 5.95 Å². The van der Waals surface area contributed by atoms with Crippen molar-refractivity contribution in [3.8, 4) is 0 Å². The molecule has 0 radical (unpaired) electrons. The lowest BCUT2D eigenvalue weighted by Gasteiger charge is -2.31. The first-order valence-electron chi connectivity index (χ1n) is 5.25. The van der Waals surface area contributed by atoms with E-state index in [-0.39, 0.29) is 36.4 Å². The number of halogens is 2. The Morgan fingerprint density at radius 3 is 2.63 bits per heavy atom. The SMILES string of the molecule is CC(O)C(O)[C@H]1CNc2[nH]c(N)nc(=O)c2N1.Cl.Cl. The first-order chi connectivity index (χ1) is 7.99. The fraction of sp³-hybridized carbons (Fsp3) is 0.556. The minimum Gasteiger partial charge on any atom is -0.391 e. The molecule has 10 heteroatoms. The highest BCUT2D eigenvalue weighted by Crippen LogP contribution is 2.21. The molecule has 0 fully saturated rings. The van der Waals surface area contributed by atoms with Crippen molar-refractivity contribution >= 4 is 42.3 Å². The fourth-order valence-electron chi connectivity index (χ4n) is 1.75. The second-order valence-electron chi connectivity index (χ2n) is 4.04. The van der Waals surface area contributed by atoms with Crippen LogP contribution in [0.15, 0.2) is 4.79 Å². The lowest BCUT2D eigenvalue weighted by molar-refractivity contribution is 0.0214. The average molecular weight is 314 g/mol. The van der Waals surface area contributed by atoms with Crippen LogP contribution in [0, 0.1) is 0 Å². The number of nitrogens with one attached hydrogen (secondary N) is 3. The lowest BCUT2D eigenvalue weighted by atomic mass is 10.0. The number of hydrogen-bond donors (Lipinski definition) is 6. The van der Waals surface area contributed by atoms with E-state index in [0.29, 0.717) is 12.4 Å². The maximum absolute atomic E-state index is 11.6. The number of aliphatic hydroxyl groups excluding tert-OH is 2. The summed E-state index contributed by atoms with van der Waals surface area (Å²) in [6.07, 6.45) is -1.87. The number of hydrogen-bond acceptors (Lipinski definition) is 7. The third kappa shape index (κ3) is 3.63. The quantitative estimate of drug-likeness (QED) is 0.418. The van der Waals surface area contributed by atoms with E-state index in [4.69, 9.17) is 5.73 Å². The summed E-state index contributed by atoms with van der Waals surface area (Å²) in [5.41, 5.74) is 5.11. The van der Waals surface area contributed by atoms with E-state index in [0.717, 1.165) is 0 Å². The zero-order chi connectivity index (χ0) is 12.6. The van der Waals surface area contributed by atoms with E-state index in [9.17, 15) is 15.0 Å². The highest BCUT2D eigenvalue weighted by molar-refractivity contribution is 5.85. The van der Waals surface area contributed by atoms with Gasteiger partial charge in [0.15, 0.2) is 0 Å². The first-order valence-corrected chi connectivity index (χ1v) is 5.25. The molecule has 110 valence electrons. The molecule has 0 spiro atoms. The molecule has 1 aromatic rings. The standard InChI is InChI=1S/C9H15N5O3.2ClH/c1-3(15)6(16)4-2-11-7-5(12-4)8(17)14-9(10)13-7;;/h3-4,6,12,15-16H,2H2,1H3,(H4,10,11,13,14,17);2*1H/t3?,4-,6?;;/m1../s1. The van der Waals surface area contributed by atoms with Gasteiger partial charge in [-0.15, -0.1) is 24.8 Å². The lowest BCUT2D eigenvalue weighted by Crippen LogP contribution is -2.48. The van der Waals surface area contributed by atoms with Gasteiger partial charge in [-0.2, -0.15) is 4.98 Å². The molecule has 19 heavy (non-hydrogen) atoms. The summed E-state index contributed by atoms with van der Waals surface area (Å²) in [6.45, 7) is 1.84. The van der Waals surface area contributed by atoms with E-state index in [1.807, 2.05) is 0 Å². The molecule has 2 unspecified atom stereocenters. The molecule has 0 amide bonds. The molecular formula is C9H17Cl2N5O3. The summed E-state index contributed by atoms with van der Waals surface area (Å²) in [4.78, 5) is 17.8. The van der Waals surface area contributed by atoms with Crippen LogP contribution in [0.1, 0.15) is 6.92 Å². The normalized spacial score (nSPS) is 19.6. The Kier molecular flexibility index (Phi) is 6.37. The average Bonchev–Trinajstić information content (AvgIpc) is 2.27. The van der Waals surface area contributed by atoms with Gasteiger partial charge in [-0.3, -0.25) is 4.79 Å². The number of nitrogens with zero attached hydrogens (tertiary/aromatic N) is 1. The number of anilines is 3.